The highest BCUT2D eigenvalue weighted by atomic mass is 16.1. The molecule has 3 rings (SSSR count). The maximum atomic E-state index is 12.6. The van der Waals surface area contributed by atoms with Crippen LogP contribution in [0.1, 0.15) is 60.5 Å². The van der Waals surface area contributed by atoms with Gasteiger partial charge in [-0.25, -0.2) is 0 Å². The van der Waals surface area contributed by atoms with Crippen LogP contribution < -0.4 is 10.6 Å². The summed E-state index contributed by atoms with van der Waals surface area (Å²) in [4.78, 5) is 12.6. The molecular formula is C18H26N2O. The predicted octanol–water partition coefficient (Wildman–Crippen LogP) is 3.03. The molecule has 1 aliphatic heterocycles. The largest absolute Gasteiger partial charge is 0.349 e. The second-order valence-electron chi connectivity index (χ2n) is 6.53. The number of hydrogen-bond donors (Lipinski definition) is 2. The lowest BCUT2D eigenvalue weighted by molar-refractivity contribution is 0.0918. The van der Waals surface area contributed by atoms with Crippen molar-refractivity contribution in [2.24, 2.45) is 5.92 Å². The number of benzene rings is 1. The van der Waals surface area contributed by atoms with Crippen molar-refractivity contribution >= 4 is 5.91 Å². The van der Waals surface area contributed by atoms with Gasteiger partial charge in [0.05, 0.1) is 0 Å². The van der Waals surface area contributed by atoms with E-state index in [2.05, 4.69) is 23.6 Å². The van der Waals surface area contributed by atoms with Gasteiger partial charge < -0.3 is 10.6 Å². The van der Waals surface area contributed by atoms with Crippen LogP contribution >= 0.6 is 0 Å². The quantitative estimate of drug-likeness (QED) is 0.896. The molecule has 1 aromatic carbocycles. The van der Waals surface area contributed by atoms with Gasteiger partial charge in [0.15, 0.2) is 0 Å². The van der Waals surface area contributed by atoms with Gasteiger partial charge in [-0.3, -0.25) is 4.79 Å². The third-order valence-electron chi connectivity index (χ3n) is 5.10. The molecule has 21 heavy (non-hydrogen) atoms. The van der Waals surface area contributed by atoms with Crippen molar-refractivity contribution in [2.75, 3.05) is 6.54 Å². The van der Waals surface area contributed by atoms with Crippen LogP contribution in [0.3, 0.4) is 0 Å². The molecule has 1 aliphatic carbocycles. The van der Waals surface area contributed by atoms with Crippen LogP contribution in [0.4, 0.5) is 0 Å². The van der Waals surface area contributed by atoms with Crippen molar-refractivity contribution in [2.45, 2.75) is 58.0 Å². The molecule has 3 nitrogen and oxygen atoms in total. The van der Waals surface area contributed by atoms with E-state index in [0.717, 1.165) is 25.1 Å². The monoisotopic (exact) mass is 286 g/mol. The molecule has 1 atom stereocenters. The number of carbonyl (C=O) groups excluding carboxylic acids is 1. The Morgan fingerprint density at radius 3 is 2.90 bits per heavy atom. The Bertz CT molecular complexity index is 506. The molecule has 1 unspecified atom stereocenters. The van der Waals surface area contributed by atoms with Crippen molar-refractivity contribution in [3.05, 3.63) is 34.9 Å². The molecule has 1 heterocycles. The second-order valence-corrected chi connectivity index (χ2v) is 6.53. The SMILES string of the molecule is CC(NC(=O)c1cccc2c1CCNC2)C1CCCCC1. The van der Waals surface area contributed by atoms with Gasteiger partial charge in [0.2, 0.25) is 0 Å². The maximum absolute atomic E-state index is 12.6. The van der Waals surface area contributed by atoms with E-state index in [4.69, 9.17) is 0 Å². The molecule has 3 heteroatoms. The van der Waals surface area contributed by atoms with Gasteiger partial charge in [-0.2, -0.15) is 0 Å². The van der Waals surface area contributed by atoms with Crippen LogP contribution in [-0.4, -0.2) is 18.5 Å². The molecule has 1 saturated carbocycles. The van der Waals surface area contributed by atoms with E-state index in [1.54, 1.807) is 0 Å². The Kier molecular flexibility index (Phi) is 4.59. The highest BCUT2D eigenvalue weighted by molar-refractivity contribution is 5.96. The summed E-state index contributed by atoms with van der Waals surface area (Å²) in [5.41, 5.74) is 3.40. The van der Waals surface area contributed by atoms with Crippen LogP contribution in [0.15, 0.2) is 18.2 Å². The number of fused-ring (bicyclic) bond motifs is 1. The first-order chi connectivity index (χ1) is 10.3. The van der Waals surface area contributed by atoms with Crippen LogP contribution in [0.2, 0.25) is 0 Å². The van der Waals surface area contributed by atoms with Gasteiger partial charge in [-0.1, -0.05) is 31.4 Å². The zero-order valence-electron chi connectivity index (χ0n) is 13.0. The van der Waals surface area contributed by atoms with E-state index < -0.39 is 0 Å². The molecule has 1 fully saturated rings. The third kappa shape index (κ3) is 3.29. The summed E-state index contributed by atoms with van der Waals surface area (Å²) in [6.45, 7) is 4.02. The summed E-state index contributed by atoms with van der Waals surface area (Å²) in [6, 6.07) is 6.40. The highest BCUT2D eigenvalue weighted by Crippen LogP contribution is 2.27. The summed E-state index contributed by atoms with van der Waals surface area (Å²) in [6.07, 6.45) is 7.47. The number of carbonyl (C=O) groups is 1. The normalized spacial score (nSPS) is 20.6. The predicted molar refractivity (Wildman–Crippen MR) is 85.4 cm³/mol. The average molecular weight is 286 g/mol. The first-order valence-electron chi connectivity index (χ1n) is 8.38. The van der Waals surface area contributed by atoms with Crippen LogP contribution in [0.5, 0.6) is 0 Å². The van der Waals surface area contributed by atoms with E-state index in [1.165, 1.54) is 43.2 Å². The van der Waals surface area contributed by atoms with E-state index in [-0.39, 0.29) is 11.9 Å². The lowest BCUT2D eigenvalue weighted by Crippen LogP contribution is -2.39. The topological polar surface area (TPSA) is 41.1 Å². The number of nitrogens with one attached hydrogen (secondary N) is 2. The fraction of sp³-hybridized carbons (Fsp3) is 0.611. The van der Waals surface area contributed by atoms with Crippen LogP contribution in [0.25, 0.3) is 0 Å². The fourth-order valence-electron chi connectivity index (χ4n) is 3.78. The lowest BCUT2D eigenvalue weighted by Gasteiger charge is -2.29. The Labute approximate surface area is 127 Å². The van der Waals surface area contributed by atoms with Crippen molar-refractivity contribution in [1.82, 2.24) is 10.6 Å². The molecule has 1 aromatic rings. The third-order valence-corrected chi connectivity index (χ3v) is 5.10. The average Bonchev–Trinajstić information content (AvgIpc) is 2.55. The summed E-state index contributed by atoms with van der Waals surface area (Å²) < 4.78 is 0. The number of amides is 1. The summed E-state index contributed by atoms with van der Waals surface area (Å²) in [5, 5.41) is 6.62. The van der Waals surface area contributed by atoms with Crippen molar-refractivity contribution in [3.63, 3.8) is 0 Å². The minimum absolute atomic E-state index is 0.117. The standard InChI is InChI=1S/C18H26N2O/c1-13(14-6-3-2-4-7-14)20-18(21)17-9-5-8-15-12-19-11-10-16(15)17/h5,8-9,13-14,19H,2-4,6-7,10-12H2,1H3,(H,20,21). The van der Waals surface area contributed by atoms with Gasteiger partial charge in [-0.05, 0) is 55.8 Å². The Balaban J connectivity index is 1.70. The number of rotatable bonds is 3. The molecule has 0 bridgehead atoms. The maximum Gasteiger partial charge on any atom is 0.251 e. The van der Waals surface area contributed by atoms with Crippen molar-refractivity contribution < 1.29 is 4.79 Å². The van der Waals surface area contributed by atoms with Gasteiger partial charge in [0, 0.05) is 18.2 Å². The Morgan fingerprint density at radius 2 is 2.10 bits per heavy atom. The Hall–Kier alpha value is -1.35. The van der Waals surface area contributed by atoms with Gasteiger partial charge in [0.25, 0.3) is 5.91 Å². The minimum atomic E-state index is 0.117. The molecule has 0 aromatic heterocycles. The van der Waals surface area contributed by atoms with Crippen molar-refractivity contribution in [1.29, 1.82) is 0 Å². The lowest BCUT2D eigenvalue weighted by atomic mass is 9.84. The van der Waals surface area contributed by atoms with Crippen molar-refractivity contribution in [3.8, 4) is 0 Å². The van der Waals surface area contributed by atoms with E-state index in [0.29, 0.717) is 5.92 Å². The van der Waals surface area contributed by atoms with E-state index in [9.17, 15) is 4.79 Å². The molecule has 0 spiro atoms. The Morgan fingerprint density at radius 1 is 1.29 bits per heavy atom. The minimum Gasteiger partial charge on any atom is -0.349 e. The molecular weight excluding hydrogens is 260 g/mol. The first kappa shape index (κ1) is 14.6. The van der Waals surface area contributed by atoms with Gasteiger partial charge >= 0.3 is 0 Å². The zero-order valence-corrected chi connectivity index (χ0v) is 13.0. The smallest absolute Gasteiger partial charge is 0.251 e. The highest BCUT2D eigenvalue weighted by Gasteiger charge is 2.23. The van der Waals surface area contributed by atoms with Crippen LogP contribution in [0, 0.1) is 5.92 Å². The molecule has 114 valence electrons. The molecule has 1 amide bonds. The summed E-state index contributed by atoms with van der Waals surface area (Å²) >= 11 is 0. The first-order valence-corrected chi connectivity index (χ1v) is 8.38. The van der Waals surface area contributed by atoms with E-state index in [1.807, 2.05) is 12.1 Å². The van der Waals surface area contributed by atoms with Crippen LogP contribution in [-0.2, 0) is 13.0 Å². The summed E-state index contributed by atoms with van der Waals surface area (Å²) in [7, 11) is 0. The molecule has 0 saturated heterocycles. The summed E-state index contributed by atoms with van der Waals surface area (Å²) in [5.74, 6) is 0.774. The molecule has 2 N–H and O–H groups in total. The van der Waals surface area contributed by atoms with Gasteiger partial charge in [-0.15, -0.1) is 0 Å². The van der Waals surface area contributed by atoms with Gasteiger partial charge in [0.1, 0.15) is 0 Å². The molecule has 2 aliphatic rings. The number of hydrogen-bond acceptors (Lipinski definition) is 2. The van der Waals surface area contributed by atoms with E-state index >= 15 is 0 Å². The zero-order chi connectivity index (χ0) is 14.7. The second kappa shape index (κ2) is 6.61. The molecule has 0 radical (unpaired) electrons. The fourth-order valence-corrected chi connectivity index (χ4v) is 3.78.